The molecule has 0 saturated carbocycles. The summed E-state index contributed by atoms with van der Waals surface area (Å²) in [5, 5.41) is 0. The van der Waals surface area contributed by atoms with E-state index in [1.807, 2.05) is 13.0 Å². The monoisotopic (exact) mass is 286 g/mol. The van der Waals surface area contributed by atoms with Crippen LogP contribution in [0.15, 0.2) is 10.7 Å². The standard InChI is InChI=1S/C12H19BrN2O/c1-4-11-14-10(13)8-12(15-11)16-7-5-6-9(2)3/h8-9H,4-7H2,1-3H3. The molecule has 1 rings (SSSR count). The first-order valence-electron chi connectivity index (χ1n) is 5.78. The van der Waals surface area contributed by atoms with Gasteiger partial charge in [-0.15, -0.1) is 0 Å². The van der Waals surface area contributed by atoms with Crippen molar-refractivity contribution < 1.29 is 4.74 Å². The summed E-state index contributed by atoms with van der Waals surface area (Å²) in [7, 11) is 0. The molecule has 0 aliphatic heterocycles. The number of aryl methyl sites for hydroxylation is 1. The van der Waals surface area contributed by atoms with Gasteiger partial charge in [-0.3, -0.25) is 0 Å². The molecule has 3 nitrogen and oxygen atoms in total. The van der Waals surface area contributed by atoms with Crippen LogP contribution in [0.5, 0.6) is 5.88 Å². The molecule has 0 radical (unpaired) electrons. The van der Waals surface area contributed by atoms with Crippen molar-refractivity contribution in [3.8, 4) is 5.88 Å². The Labute approximate surface area is 106 Å². The summed E-state index contributed by atoms with van der Waals surface area (Å²) in [5.41, 5.74) is 0. The molecule has 0 aromatic carbocycles. The van der Waals surface area contributed by atoms with Gasteiger partial charge in [0.15, 0.2) is 0 Å². The Bertz CT molecular complexity index is 329. The maximum atomic E-state index is 5.60. The van der Waals surface area contributed by atoms with E-state index in [0.29, 0.717) is 5.88 Å². The van der Waals surface area contributed by atoms with E-state index < -0.39 is 0 Å². The van der Waals surface area contributed by atoms with Gasteiger partial charge in [0.1, 0.15) is 10.4 Å². The Hall–Kier alpha value is -0.640. The van der Waals surface area contributed by atoms with Gasteiger partial charge in [-0.05, 0) is 34.7 Å². The molecule has 0 unspecified atom stereocenters. The molecule has 0 aliphatic rings. The minimum absolute atomic E-state index is 0.669. The highest BCUT2D eigenvalue weighted by Gasteiger charge is 2.02. The highest BCUT2D eigenvalue weighted by atomic mass is 79.9. The molecule has 4 heteroatoms. The van der Waals surface area contributed by atoms with Gasteiger partial charge in [0.05, 0.1) is 6.61 Å². The molecule has 0 fully saturated rings. The molecule has 0 saturated heterocycles. The van der Waals surface area contributed by atoms with Crippen LogP contribution in [0.4, 0.5) is 0 Å². The Morgan fingerprint density at radius 3 is 2.75 bits per heavy atom. The van der Waals surface area contributed by atoms with E-state index in [4.69, 9.17) is 4.74 Å². The van der Waals surface area contributed by atoms with E-state index >= 15 is 0 Å². The van der Waals surface area contributed by atoms with Crippen molar-refractivity contribution in [3.63, 3.8) is 0 Å². The lowest BCUT2D eigenvalue weighted by atomic mass is 10.1. The van der Waals surface area contributed by atoms with Crippen molar-refractivity contribution in [2.45, 2.75) is 40.0 Å². The summed E-state index contributed by atoms with van der Waals surface area (Å²) in [6.07, 6.45) is 3.08. The number of hydrogen-bond acceptors (Lipinski definition) is 3. The molecule has 0 bridgehead atoms. The Morgan fingerprint density at radius 1 is 1.38 bits per heavy atom. The zero-order valence-corrected chi connectivity index (χ0v) is 11.7. The second-order valence-corrected chi connectivity index (χ2v) is 5.00. The molecule has 0 N–H and O–H groups in total. The average molecular weight is 287 g/mol. The van der Waals surface area contributed by atoms with E-state index in [1.54, 1.807) is 0 Å². The largest absolute Gasteiger partial charge is 0.478 e. The fourth-order valence-electron chi connectivity index (χ4n) is 1.34. The molecule has 90 valence electrons. The number of rotatable bonds is 6. The fraction of sp³-hybridized carbons (Fsp3) is 0.667. The summed E-state index contributed by atoms with van der Waals surface area (Å²) in [4.78, 5) is 8.54. The number of nitrogens with zero attached hydrogens (tertiary/aromatic N) is 2. The van der Waals surface area contributed by atoms with Gasteiger partial charge in [-0.2, -0.15) is 4.98 Å². The van der Waals surface area contributed by atoms with Crippen molar-refractivity contribution in [2.24, 2.45) is 5.92 Å². The van der Waals surface area contributed by atoms with Crippen LogP contribution in [0.25, 0.3) is 0 Å². The van der Waals surface area contributed by atoms with Crippen LogP contribution in [0.3, 0.4) is 0 Å². The van der Waals surface area contributed by atoms with E-state index in [2.05, 4.69) is 39.7 Å². The summed E-state index contributed by atoms with van der Waals surface area (Å²) in [5.74, 6) is 2.21. The molecular formula is C12H19BrN2O. The summed E-state index contributed by atoms with van der Waals surface area (Å²) >= 11 is 3.35. The van der Waals surface area contributed by atoms with E-state index in [0.717, 1.165) is 35.8 Å². The number of halogens is 1. The maximum absolute atomic E-state index is 5.60. The van der Waals surface area contributed by atoms with Crippen LogP contribution in [0.1, 0.15) is 39.4 Å². The Balaban J connectivity index is 2.44. The minimum Gasteiger partial charge on any atom is -0.478 e. The molecule has 0 atom stereocenters. The molecule has 0 aliphatic carbocycles. The van der Waals surface area contributed by atoms with Crippen molar-refractivity contribution in [2.75, 3.05) is 6.61 Å². The summed E-state index contributed by atoms with van der Waals surface area (Å²) in [6.45, 7) is 7.20. The maximum Gasteiger partial charge on any atom is 0.217 e. The SMILES string of the molecule is CCc1nc(Br)cc(OCCCC(C)C)n1. The quantitative estimate of drug-likeness (QED) is 0.592. The van der Waals surface area contributed by atoms with Gasteiger partial charge in [0.2, 0.25) is 5.88 Å². The molecular weight excluding hydrogens is 268 g/mol. The van der Waals surface area contributed by atoms with E-state index in [9.17, 15) is 0 Å². The van der Waals surface area contributed by atoms with Gasteiger partial charge in [0.25, 0.3) is 0 Å². The fourth-order valence-corrected chi connectivity index (χ4v) is 1.74. The number of aromatic nitrogens is 2. The van der Waals surface area contributed by atoms with Gasteiger partial charge in [-0.1, -0.05) is 20.8 Å². The van der Waals surface area contributed by atoms with Crippen molar-refractivity contribution in [1.29, 1.82) is 0 Å². The van der Waals surface area contributed by atoms with Crippen LogP contribution >= 0.6 is 15.9 Å². The van der Waals surface area contributed by atoms with Crippen molar-refractivity contribution >= 4 is 15.9 Å². The lowest BCUT2D eigenvalue weighted by Crippen LogP contribution is -2.03. The molecule has 1 aromatic rings. The summed E-state index contributed by atoms with van der Waals surface area (Å²) in [6, 6.07) is 1.81. The van der Waals surface area contributed by atoms with Gasteiger partial charge in [-0.25, -0.2) is 4.98 Å². The van der Waals surface area contributed by atoms with Crippen LogP contribution in [0, 0.1) is 5.92 Å². The van der Waals surface area contributed by atoms with Crippen molar-refractivity contribution in [1.82, 2.24) is 9.97 Å². The first kappa shape index (κ1) is 13.4. The van der Waals surface area contributed by atoms with Crippen LogP contribution < -0.4 is 4.74 Å². The van der Waals surface area contributed by atoms with Gasteiger partial charge in [0, 0.05) is 12.5 Å². The van der Waals surface area contributed by atoms with Crippen LogP contribution in [-0.4, -0.2) is 16.6 Å². The normalized spacial score (nSPS) is 10.8. The smallest absolute Gasteiger partial charge is 0.217 e. The van der Waals surface area contributed by atoms with Gasteiger partial charge < -0.3 is 4.74 Å². The molecule has 1 heterocycles. The zero-order chi connectivity index (χ0) is 12.0. The zero-order valence-electron chi connectivity index (χ0n) is 10.2. The predicted octanol–water partition coefficient (Wildman–Crippen LogP) is 3.62. The van der Waals surface area contributed by atoms with Gasteiger partial charge >= 0.3 is 0 Å². The lowest BCUT2D eigenvalue weighted by molar-refractivity contribution is 0.285. The highest BCUT2D eigenvalue weighted by molar-refractivity contribution is 9.10. The third-order valence-electron chi connectivity index (χ3n) is 2.21. The second-order valence-electron chi connectivity index (χ2n) is 4.18. The van der Waals surface area contributed by atoms with E-state index in [-0.39, 0.29) is 0 Å². The second kappa shape index (κ2) is 6.84. The van der Waals surface area contributed by atoms with Crippen LogP contribution in [-0.2, 0) is 6.42 Å². The number of ether oxygens (including phenoxy) is 1. The van der Waals surface area contributed by atoms with Crippen LogP contribution in [0.2, 0.25) is 0 Å². The lowest BCUT2D eigenvalue weighted by Gasteiger charge is -2.08. The summed E-state index contributed by atoms with van der Waals surface area (Å²) < 4.78 is 6.39. The third kappa shape index (κ3) is 4.92. The molecule has 16 heavy (non-hydrogen) atoms. The molecule has 0 amide bonds. The number of hydrogen-bond donors (Lipinski definition) is 0. The van der Waals surface area contributed by atoms with E-state index in [1.165, 1.54) is 6.42 Å². The Morgan fingerprint density at radius 2 is 2.12 bits per heavy atom. The predicted molar refractivity (Wildman–Crippen MR) is 68.7 cm³/mol. The Kier molecular flexibility index (Phi) is 5.74. The minimum atomic E-state index is 0.669. The highest BCUT2D eigenvalue weighted by Crippen LogP contribution is 2.15. The molecule has 0 spiro atoms. The van der Waals surface area contributed by atoms with Crippen molar-refractivity contribution in [3.05, 3.63) is 16.5 Å². The first-order chi connectivity index (χ1) is 7.61. The first-order valence-corrected chi connectivity index (χ1v) is 6.57. The third-order valence-corrected chi connectivity index (χ3v) is 2.62. The average Bonchev–Trinajstić information content (AvgIpc) is 2.23. The topological polar surface area (TPSA) is 35.0 Å². The molecule has 1 aromatic heterocycles.